The molecule has 2 fully saturated rings. The molecule has 5 heteroatoms. The number of amides is 1. The number of aliphatic hydroxyl groups excluding tert-OH is 1. The Morgan fingerprint density at radius 2 is 1.90 bits per heavy atom. The van der Waals surface area contributed by atoms with Gasteiger partial charge in [-0.1, -0.05) is 0 Å². The van der Waals surface area contributed by atoms with E-state index in [1.165, 1.54) is 0 Å². The molecule has 122 valence electrons. The van der Waals surface area contributed by atoms with E-state index in [9.17, 15) is 9.90 Å². The Morgan fingerprint density at radius 3 is 2.57 bits per heavy atom. The molecule has 2 heterocycles. The topological polar surface area (TPSA) is 53.0 Å². The Labute approximate surface area is 128 Å². The van der Waals surface area contributed by atoms with E-state index in [1.54, 1.807) is 0 Å². The van der Waals surface area contributed by atoms with Crippen molar-refractivity contribution >= 4 is 6.09 Å². The van der Waals surface area contributed by atoms with Crippen LogP contribution in [0.25, 0.3) is 0 Å². The lowest BCUT2D eigenvalue weighted by Crippen LogP contribution is -2.53. The number of nitrogens with zero attached hydrogens (tertiary/aromatic N) is 2. The number of carbonyl (C=O) groups is 1. The first-order valence-corrected chi connectivity index (χ1v) is 8.22. The van der Waals surface area contributed by atoms with Crippen LogP contribution in [0.15, 0.2) is 0 Å². The summed E-state index contributed by atoms with van der Waals surface area (Å²) in [6.07, 6.45) is 4.24. The number of hydrogen-bond donors (Lipinski definition) is 1. The van der Waals surface area contributed by atoms with Gasteiger partial charge in [-0.05, 0) is 58.9 Å². The first-order valence-electron chi connectivity index (χ1n) is 8.22. The Morgan fingerprint density at radius 1 is 1.19 bits per heavy atom. The smallest absolute Gasteiger partial charge is 0.410 e. The van der Waals surface area contributed by atoms with Crippen LogP contribution in [0, 0.1) is 5.92 Å². The highest BCUT2D eigenvalue weighted by molar-refractivity contribution is 5.68. The molecule has 0 saturated carbocycles. The van der Waals surface area contributed by atoms with Crippen LogP contribution in [0.1, 0.15) is 46.5 Å². The van der Waals surface area contributed by atoms with Crippen molar-refractivity contribution in [1.29, 1.82) is 0 Å². The number of aliphatic hydroxyl groups is 1. The zero-order valence-electron chi connectivity index (χ0n) is 13.7. The van der Waals surface area contributed by atoms with Crippen molar-refractivity contribution < 1.29 is 14.6 Å². The van der Waals surface area contributed by atoms with Gasteiger partial charge in [-0.25, -0.2) is 4.79 Å². The monoisotopic (exact) mass is 298 g/mol. The summed E-state index contributed by atoms with van der Waals surface area (Å²) in [5, 5.41) is 9.36. The third-order valence-corrected chi connectivity index (χ3v) is 4.37. The van der Waals surface area contributed by atoms with Crippen molar-refractivity contribution in [2.24, 2.45) is 5.92 Å². The fourth-order valence-electron chi connectivity index (χ4n) is 3.32. The molecule has 2 aliphatic heterocycles. The largest absolute Gasteiger partial charge is 0.444 e. The van der Waals surface area contributed by atoms with E-state index >= 15 is 0 Å². The average molecular weight is 298 g/mol. The highest BCUT2D eigenvalue weighted by Gasteiger charge is 2.32. The summed E-state index contributed by atoms with van der Waals surface area (Å²) in [5.41, 5.74) is -0.433. The van der Waals surface area contributed by atoms with Gasteiger partial charge in [-0.2, -0.15) is 0 Å². The van der Waals surface area contributed by atoms with Gasteiger partial charge in [0, 0.05) is 32.3 Å². The maximum absolute atomic E-state index is 12.2. The average Bonchev–Trinajstić information content (AvgIpc) is 2.46. The SMILES string of the molecule is CC(C)(C)OC(=O)N1CCCC(N2CCCC(CO)C2)C1. The predicted molar refractivity (Wildman–Crippen MR) is 82.2 cm³/mol. The van der Waals surface area contributed by atoms with Gasteiger partial charge in [-0.15, -0.1) is 0 Å². The van der Waals surface area contributed by atoms with Crippen LogP contribution >= 0.6 is 0 Å². The Bertz CT molecular complexity index is 354. The van der Waals surface area contributed by atoms with Gasteiger partial charge in [0.05, 0.1) is 0 Å². The summed E-state index contributed by atoms with van der Waals surface area (Å²) in [5.74, 6) is 0.399. The molecule has 2 unspecified atom stereocenters. The quantitative estimate of drug-likeness (QED) is 0.848. The second-order valence-corrected chi connectivity index (χ2v) is 7.41. The maximum Gasteiger partial charge on any atom is 0.410 e. The molecule has 0 aromatic heterocycles. The van der Waals surface area contributed by atoms with Crippen molar-refractivity contribution in [1.82, 2.24) is 9.80 Å². The lowest BCUT2D eigenvalue weighted by Gasteiger charge is -2.42. The van der Waals surface area contributed by atoms with Crippen molar-refractivity contribution in [3.05, 3.63) is 0 Å². The molecule has 1 N–H and O–H groups in total. The Kier molecular flexibility index (Phi) is 5.49. The van der Waals surface area contributed by atoms with Gasteiger partial charge in [-0.3, -0.25) is 4.90 Å². The van der Waals surface area contributed by atoms with E-state index in [-0.39, 0.29) is 12.7 Å². The Balaban J connectivity index is 1.89. The van der Waals surface area contributed by atoms with Crippen molar-refractivity contribution in [3.63, 3.8) is 0 Å². The number of rotatable bonds is 2. The number of carbonyl (C=O) groups excluding carboxylic acids is 1. The van der Waals surface area contributed by atoms with Crippen molar-refractivity contribution in [3.8, 4) is 0 Å². The molecule has 2 saturated heterocycles. The molecule has 1 amide bonds. The summed E-state index contributed by atoms with van der Waals surface area (Å²) in [6, 6.07) is 0.417. The number of likely N-dealkylation sites (tertiary alicyclic amines) is 2. The van der Waals surface area contributed by atoms with Crippen LogP contribution in [0.5, 0.6) is 0 Å². The van der Waals surface area contributed by atoms with Crippen molar-refractivity contribution in [2.45, 2.75) is 58.1 Å². The summed E-state index contributed by atoms with van der Waals surface area (Å²) in [6.45, 7) is 9.59. The minimum atomic E-state index is -0.433. The van der Waals surface area contributed by atoms with Crippen LogP contribution in [0.3, 0.4) is 0 Å². The van der Waals surface area contributed by atoms with Crippen LogP contribution in [0.2, 0.25) is 0 Å². The fraction of sp³-hybridized carbons (Fsp3) is 0.938. The number of hydrogen-bond acceptors (Lipinski definition) is 4. The van der Waals surface area contributed by atoms with Gasteiger partial charge in [0.2, 0.25) is 0 Å². The molecule has 0 aromatic rings. The third-order valence-electron chi connectivity index (χ3n) is 4.37. The molecule has 21 heavy (non-hydrogen) atoms. The lowest BCUT2D eigenvalue weighted by atomic mass is 9.95. The minimum absolute atomic E-state index is 0.192. The maximum atomic E-state index is 12.2. The molecule has 2 aliphatic rings. The first kappa shape index (κ1) is 16.6. The standard InChI is InChI=1S/C16H30N2O3/c1-16(2,3)21-15(20)18-9-5-7-14(11-18)17-8-4-6-13(10-17)12-19/h13-14,19H,4-12H2,1-3H3. The van der Waals surface area contributed by atoms with Gasteiger partial charge < -0.3 is 14.7 Å². The van der Waals surface area contributed by atoms with Crippen LogP contribution in [0.4, 0.5) is 4.79 Å². The number of ether oxygens (including phenoxy) is 1. The molecular weight excluding hydrogens is 268 g/mol. The highest BCUT2D eigenvalue weighted by atomic mass is 16.6. The van der Waals surface area contributed by atoms with Crippen LogP contribution < -0.4 is 0 Å². The fourth-order valence-corrected chi connectivity index (χ4v) is 3.32. The van der Waals surface area contributed by atoms with Crippen molar-refractivity contribution in [2.75, 3.05) is 32.8 Å². The summed E-state index contributed by atoms with van der Waals surface area (Å²) >= 11 is 0. The van der Waals surface area contributed by atoms with E-state index in [0.29, 0.717) is 12.0 Å². The van der Waals surface area contributed by atoms with E-state index in [1.807, 2.05) is 25.7 Å². The zero-order valence-corrected chi connectivity index (χ0v) is 13.7. The molecule has 0 bridgehead atoms. The molecular formula is C16H30N2O3. The molecule has 2 atom stereocenters. The number of piperidine rings is 2. The van der Waals surface area contributed by atoms with Gasteiger partial charge in [0.15, 0.2) is 0 Å². The second-order valence-electron chi connectivity index (χ2n) is 7.41. The van der Waals surface area contributed by atoms with Gasteiger partial charge >= 0.3 is 6.09 Å². The van der Waals surface area contributed by atoms with Crippen LogP contribution in [-0.4, -0.2) is 65.4 Å². The van der Waals surface area contributed by atoms with E-state index in [2.05, 4.69) is 4.90 Å². The molecule has 2 rings (SSSR count). The third kappa shape index (κ3) is 4.85. The van der Waals surface area contributed by atoms with Crippen LogP contribution in [-0.2, 0) is 4.74 Å². The zero-order chi connectivity index (χ0) is 15.5. The summed E-state index contributed by atoms with van der Waals surface area (Å²) in [7, 11) is 0. The van der Waals surface area contributed by atoms with Gasteiger partial charge in [0.25, 0.3) is 0 Å². The summed E-state index contributed by atoms with van der Waals surface area (Å²) in [4.78, 5) is 16.5. The molecule has 0 aromatic carbocycles. The molecule has 5 nitrogen and oxygen atoms in total. The van der Waals surface area contributed by atoms with Gasteiger partial charge in [0.1, 0.15) is 5.60 Å². The highest BCUT2D eigenvalue weighted by Crippen LogP contribution is 2.24. The van der Waals surface area contributed by atoms with E-state index in [4.69, 9.17) is 4.74 Å². The minimum Gasteiger partial charge on any atom is -0.444 e. The Hall–Kier alpha value is -0.810. The van der Waals surface area contributed by atoms with E-state index in [0.717, 1.165) is 51.9 Å². The first-order chi connectivity index (χ1) is 9.89. The molecule has 0 radical (unpaired) electrons. The molecule has 0 spiro atoms. The normalized spacial score (nSPS) is 28.5. The molecule has 0 aliphatic carbocycles. The predicted octanol–water partition coefficient (Wildman–Crippen LogP) is 2.09. The second kappa shape index (κ2) is 6.97. The van der Waals surface area contributed by atoms with E-state index < -0.39 is 5.60 Å². The lowest BCUT2D eigenvalue weighted by molar-refractivity contribution is 0.00383. The summed E-state index contributed by atoms with van der Waals surface area (Å²) < 4.78 is 5.48.